The molecule has 2 aromatic rings. The van der Waals surface area contributed by atoms with Crippen LogP contribution in [0.2, 0.25) is 0 Å². The molecule has 0 bridgehead atoms. The number of carbonyl (C=O) groups is 1. The third-order valence-corrected chi connectivity index (χ3v) is 4.06. The van der Waals surface area contributed by atoms with Gasteiger partial charge in [-0.05, 0) is 46.3 Å². The topological polar surface area (TPSA) is 91.0 Å². The Bertz CT molecular complexity index is 936. The molecule has 0 amide bonds. The SMILES string of the molecule is COc1ccc(C2=NC(=Cc3ccccc3[N+](=O)[O-])C(=O)O2)cc1Br. The number of aliphatic imine (C=N–C) groups is 1. The summed E-state index contributed by atoms with van der Waals surface area (Å²) < 4.78 is 11.0. The number of benzene rings is 2. The Morgan fingerprint density at radius 2 is 2.04 bits per heavy atom. The van der Waals surface area contributed by atoms with Crippen LogP contribution in [0.25, 0.3) is 6.08 Å². The smallest absolute Gasteiger partial charge is 0.363 e. The molecule has 1 heterocycles. The number of esters is 1. The van der Waals surface area contributed by atoms with Crippen LogP contribution in [0.4, 0.5) is 5.69 Å². The van der Waals surface area contributed by atoms with Crippen molar-refractivity contribution >= 4 is 39.6 Å². The zero-order chi connectivity index (χ0) is 18.0. The van der Waals surface area contributed by atoms with Crippen LogP contribution in [-0.2, 0) is 9.53 Å². The molecule has 0 N–H and O–H groups in total. The van der Waals surface area contributed by atoms with Crippen LogP contribution in [0.1, 0.15) is 11.1 Å². The monoisotopic (exact) mass is 402 g/mol. The van der Waals surface area contributed by atoms with Crippen LogP contribution < -0.4 is 4.74 Å². The molecular weight excluding hydrogens is 392 g/mol. The maximum atomic E-state index is 12.0. The van der Waals surface area contributed by atoms with E-state index < -0.39 is 10.9 Å². The minimum Gasteiger partial charge on any atom is -0.496 e. The second-order valence-corrected chi connectivity index (χ2v) is 5.86. The molecule has 1 aliphatic rings. The Hall–Kier alpha value is -3.00. The van der Waals surface area contributed by atoms with Gasteiger partial charge in [0.1, 0.15) is 5.75 Å². The van der Waals surface area contributed by atoms with E-state index in [0.717, 1.165) is 0 Å². The van der Waals surface area contributed by atoms with Gasteiger partial charge in [0.2, 0.25) is 5.90 Å². The Balaban J connectivity index is 1.98. The second kappa shape index (κ2) is 6.86. The number of halogens is 1. The van der Waals surface area contributed by atoms with E-state index in [1.54, 1.807) is 37.4 Å². The number of nitrogens with zero attached hydrogens (tertiary/aromatic N) is 2. The molecule has 0 atom stereocenters. The molecule has 8 heteroatoms. The average molecular weight is 403 g/mol. The molecule has 0 unspecified atom stereocenters. The van der Waals surface area contributed by atoms with Crippen molar-refractivity contribution in [3.05, 3.63) is 73.9 Å². The second-order valence-electron chi connectivity index (χ2n) is 5.00. The van der Waals surface area contributed by atoms with Gasteiger partial charge in [-0.1, -0.05) is 12.1 Å². The fourth-order valence-corrected chi connectivity index (χ4v) is 2.80. The van der Waals surface area contributed by atoms with Gasteiger partial charge in [-0.15, -0.1) is 0 Å². The van der Waals surface area contributed by atoms with Gasteiger partial charge < -0.3 is 9.47 Å². The number of hydrogen-bond donors (Lipinski definition) is 0. The Morgan fingerprint density at radius 1 is 1.28 bits per heavy atom. The first-order valence-electron chi connectivity index (χ1n) is 7.09. The average Bonchev–Trinajstić information content (AvgIpc) is 2.96. The van der Waals surface area contributed by atoms with Crippen molar-refractivity contribution in [2.45, 2.75) is 0 Å². The standard InChI is InChI=1S/C17H11BrN2O5/c1-24-15-7-6-11(8-12(15)18)16-19-13(17(21)25-16)9-10-4-2-3-5-14(10)20(22)23/h2-9H,1H3. The van der Waals surface area contributed by atoms with Crippen molar-refractivity contribution < 1.29 is 19.2 Å². The van der Waals surface area contributed by atoms with E-state index in [1.165, 1.54) is 18.2 Å². The first-order valence-corrected chi connectivity index (χ1v) is 7.89. The maximum absolute atomic E-state index is 12.0. The molecule has 1 aliphatic heterocycles. The van der Waals surface area contributed by atoms with Crippen LogP contribution in [0.3, 0.4) is 0 Å². The number of cyclic esters (lactones) is 1. The molecule has 0 saturated carbocycles. The van der Waals surface area contributed by atoms with Crippen LogP contribution in [0, 0.1) is 10.1 Å². The third kappa shape index (κ3) is 3.43. The molecule has 0 saturated heterocycles. The zero-order valence-corrected chi connectivity index (χ0v) is 14.5. The van der Waals surface area contributed by atoms with Gasteiger partial charge in [-0.25, -0.2) is 9.79 Å². The van der Waals surface area contributed by atoms with Gasteiger partial charge in [0, 0.05) is 11.6 Å². The third-order valence-electron chi connectivity index (χ3n) is 3.44. The van der Waals surface area contributed by atoms with E-state index >= 15 is 0 Å². The highest BCUT2D eigenvalue weighted by atomic mass is 79.9. The predicted octanol–water partition coefficient (Wildman–Crippen LogP) is 3.71. The van der Waals surface area contributed by atoms with E-state index in [4.69, 9.17) is 9.47 Å². The Morgan fingerprint density at radius 3 is 2.72 bits per heavy atom. The van der Waals surface area contributed by atoms with Crippen LogP contribution in [0.5, 0.6) is 5.75 Å². The van der Waals surface area contributed by atoms with Gasteiger partial charge >= 0.3 is 5.97 Å². The normalized spacial score (nSPS) is 15.0. The van der Waals surface area contributed by atoms with Crippen molar-refractivity contribution in [1.82, 2.24) is 0 Å². The zero-order valence-electron chi connectivity index (χ0n) is 12.9. The lowest BCUT2D eigenvalue weighted by Crippen LogP contribution is -2.05. The summed E-state index contributed by atoms with van der Waals surface area (Å²) in [6.45, 7) is 0. The molecule has 0 fully saturated rings. The quantitative estimate of drug-likeness (QED) is 0.336. The van der Waals surface area contributed by atoms with E-state index in [0.29, 0.717) is 15.8 Å². The van der Waals surface area contributed by atoms with Gasteiger partial charge in [0.25, 0.3) is 5.69 Å². The number of nitro benzene ring substituents is 1. The largest absolute Gasteiger partial charge is 0.496 e. The Labute approximate surface area is 150 Å². The van der Waals surface area contributed by atoms with Gasteiger partial charge in [0.05, 0.1) is 22.1 Å². The molecule has 2 aromatic carbocycles. The number of ether oxygens (including phenoxy) is 2. The summed E-state index contributed by atoms with van der Waals surface area (Å²) in [6.07, 6.45) is 1.34. The van der Waals surface area contributed by atoms with E-state index in [-0.39, 0.29) is 22.8 Å². The maximum Gasteiger partial charge on any atom is 0.363 e. The molecule has 126 valence electrons. The van der Waals surface area contributed by atoms with Crippen LogP contribution in [-0.4, -0.2) is 23.9 Å². The van der Waals surface area contributed by atoms with Crippen molar-refractivity contribution in [1.29, 1.82) is 0 Å². The predicted molar refractivity (Wildman–Crippen MR) is 94.4 cm³/mol. The molecule has 7 nitrogen and oxygen atoms in total. The fourth-order valence-electron chi connectivity index (χ4n) is 2.26. The first kappa shape index (κ1) is 16.8. The molecule has 25 heavy (non-hydrogen) atoms. The lowest BCUT2D eigenvalue weighted by atomic mass is 10.1. The van der Waals surface area contributed by atoms with Crippen molar-refractivity contribution in [3.63, 3.8) is 0 Å². The number of rotatable bonds is 4. The minimum absolute atomic E-state index is 0.00348. The molecule has 0 aliphatic carbocycles. The summed E-state index contributed by atoms with van der Waals surface area (Å²) in [5.41, 5.74) is 0.738. The molecule has 0 radical (unpaired) electrons. The van der Waals surface area contributed by atoms with Gasteiger partial charge in [-0.3, -0.25) is 10.1 Å². The lowest BCUT2D eigenvalue weighted by molar-refractivity contribution is -0.385. The van der Waals surface area contributed by atoms with E-state index in [1.807, 2.05) is 0 Å². The number of hydrogen-bond acceptors (Lipinski definition) is 6. The van der Waals surface area contributed by atoms with Gasteiger partial charge in [-0.2, -0.15) is 0 Å². The summed E-state index contributed by atoms with van der Waals surface area (Å²) in [6, 6.07) is 11.2. The van der Waals surface area contributed by atoms with E-state index in [2.05, 4.69) is 20.9 Å². The molecule has 3 rings (SSSR count). The minimum atomic E-state index is -0.667. The van der Waals surface area contributed by atoms with Crippen LogP contribution >= 0.6 is 15.9 Å². The van der Waals surface area contributed by atoms with Crippen LogP contribution in [0.15, 0.2) is 57.6 Å². The highest BCUT2D eigenvalue weighted by Crippen LogP contribution is 2.28. The number of methoxy groups -OCH3 is 1. The summed E-state index contributed by atoms with van der Waals surface area (Å²) in [5, 5.41) is 11.1. The first-order chi connectivity index (χ1) is 12.0. The highest BCUT2D eigenvalue weighted by molar-refractivity contribution is 9.10. The summed E-state index contributed by atoms with van der Waals surface area (Å²) in [4.78, 5) is 26.7. The highest BCUT2D eigenvalue weighted by Gasteiger charge is 2.25. The lowest BCUT2D eigenvalue weighted by Gasteiger charge is -2.05. The summed E-state index contributed by atoms with van der Waals surface area (Å²) >= 11 is 3.35. The number of nitro groups is 1. The fraction of sp³-hybridized carbons (Fsp3) is 0.0588. The van der Waals surface area contributed by atoms with Crippen molar-refractivity contribution in [2.24, 2.45) is 4.99 Å². The molecular formula is C17H11BrN2O5. The molecule has 0 spiro atoms. The number of para-hydroxylation sites is 1. The van der Waals surface area contributed by atoms with E-state index in [9.17, 15) is 14.9 Å². The summed E-state index contributed by atoms with van der Waals surface area (Å²) in [7, 11) is 1.54. The Kier molecular flexibility index (Phi) is 4.62. The van der Waals surface area contributed by atoms with Crippen molar-refractivity contribution in [2.75, 3.05) is 7.11 Å². The molecule has 0 aromatic heterocycles. The van der Waals surface area contributed by atoms with Gasteiger partial charge in [0.15, 0.2) is 5.70 Å². The van der Waals surface area contributed by atoms with Crippen molar-refractivity contribution in [3.8, 4) is 5.75 Å². The summed E-state index contributed by atoms with van der Waals surface area (Å²) in [5.74, 6) is 0.0858. The number of carbonyl (C=O) groups excluding carboxylic acids is 1.